The number of nitrogens with zero attached hydrogens (tertiary/aromatic N) is 4. The van der Waals surface area contributed by atoms with Crippen LogP contribution in [0.15, 0.2) is 0 Å². The van der Waals surface area contributed by atoms with Crippen LogP contribution in [0.4, 0.5) is 5.95 Å². The van der Waals surface area contributed by atoms with E-state index < -0.39 is 11.9 Å². The molecule has 0 aliphatic heterocycles. The van der Waals surface area contributed by atoms with Crippen LogP contribution in [0.5, 0.6) is 0 Å². The molecule has 1 unspecified atom stereocenters. The summed E-state index contributed by atoms with van der Waals surface area (Å²) in [5.74, 6) is -0.838. The zero-order chi connectivity index (χ0) is 12.3. The first kappa shape index (κ1) is 12.4. The fourth-order valence-electron chi connectivity index (χ4n) is 1.18. The summed E-state index contributed by atoms with van der Waals surface area (Å²) in [6.45, 7) is 5.69. The Labute approximate surface area is 94.3 Å². The van der Waals surface area contributed by atoms with Crippen molar-refractivity contribution < 1.29 is 9.90 Å². The van der Waals surface area contributed by atoms with E-state index in [2.05, 4.69) is 15.2 Å². The number of anilines is 1. The van der Waals surface area contributed by atoms with Gasteiger partial charge in [0.05, 0.1) is 17.3 Å². The molecule has 0 aliphatic rings. The van der Waals surface area contributed by atoms with E-state index in [4.69, 9.17) is 5.11 Å². The van der Waals surface area contributed by atoms with Crippen LogP contribution in [-0.2, 0) is 4.79 Å². The van der Waals surface area contributed by atoms with E-state index in [0.29, 0.717) is 12.5 Å². The summed E-state index contributed by atoms with van der Waals surface area (Å²) in [4.78, 5) is 16.6. The molecule has 1 aromatic heterocycles. The maximum atomic E-state index is 10.7. The number of carboxylic acid groups (broad SMARTS) is 1. The fourth-order valence-corrected chi connectivity index (χ4v) is 1.18. The third-order valence-corrected chi connectivity index (χ3v) is 2.39. The lowest BCUT2D eigenvalue weighted by Crippen LogP contribution is -2.30. The second kappa shape index (κ2) is 4.87. The van der Waals surface area contributed by atoms with Crippen LogP contribution in [-0.4, -0.2) is 39.8 Å². The second-order valence-corrected chi connectivity index (χ2v) is 3.90. The van der Waals surface area contributed by atoms with Gasteiger partial charge in [0.1, 0.15) is 0 Å². The zero-order valence-corrected chi connectivity index (χ0v) is 9.93. The van der Waals surface area contributed by atoms with E-state index in [1.165, 1.54) is 0 Å². The maximum absolute atomic E-state index is 10.7. The van der Waals surface area contributed by atoms with Crippen LogP contribution < -0.4 is 4.90 Å². The van der Waals surface area contributed by atoms with Crippen molar-refractivity contribution in [2.75, 3.05) is 18.5 Å². The predicted molar refractivity (Wildman–Crippen MR) is 59.4 cm³/mol. The average molecular weight is 224 g/mol. The quantitative estimate of drug-likeness (QED) is 0.808. The number of hydrogen-bond acceptors (Lipinski definition) is 5. The van der Waals surface area contributed by atoms with Gasteiger partial charge in [0.2, 0.25) is 5.95 Å². The first-order valence-electron chi connectivity index (χ1n) is 5.03. The van der Waals surface area contributed by atoms with Crippen molar-refractivity contribution >= 4 is 11.9 Å². The van der Waals surface area contributed by atoms with E-state index in [1.807, 2.05) is 13.8 Å². The van der Waals surface area contributed by atoms with Crippen molar-refractivity contribution in [3.05, 3.63) is 11.4 Å². The van der Waals surface area contributed by atoms with Crippen LogP contribution in [0.1, 0.15) is 18.3 Å². The van der Waals surface area contributed by atoms with E-state index in [0.717, 1.165) is 11.4 Å². The maximum Gasteiger partial charge on any atom is 0.308 e. The Bertz CT molecular complexity index is 394. The first-order chi connectivity index (χ1) is 7.41. The SMILES string of the molecule is Cc1nnc(N(C)CC(C)C(=O)O)nc1C. The van der Waals surface area contributed by atoms with Crippen molar-refractivity contribution in [3.63, 3.8) is 0 Å². The molecule has 1 aromatic rings. The number of rotatable bonds is 4. The zero-order valence-electron chi connectivity index (χ0n) is 9.93. The minimum absolute atomic E-state index is 0.361. The van der Waals surface area contributed by atoms with Gasteiger partial charge in [0.15, 0.2) is 0 Å². The highest BCUT2D eigenvalue weighted by atomic mass is 16.4. The molecule has 0 amide bonds. The summed E-state index contributed by atoms with van der Waals surface area (Å²) < 4.78 is 0. The summed E-state index contributed by atoms with van der Waals surface area (Å²) in [7, 11) is 1.76. The lowest BCUT2D eigenvalue weighted by Gasteiger charge is -2.19. The van der Waals surface area contributed by atoms with E-state index >= 15 is 0 Å². The molecule has 0 aromatic carbocycles. The Morgan fingerprint density at radius 1 is 1.38 bits per heavy atom. The highest BCUT2D eigenvalue weighted by Gasteiger charge is 2.16. The van der Waals surface area contributed by atoms with Gasteiger partial charge in [0.25, 0.3) is 0 Å². The van der Waals surface area contributed by atoms with Crippen molar-refractivity contribution in [1.82, 2.24) is 15.2 Å². The van der Waals surface area contributed by atoms with Gasteiger partial charge in [-0.25, -0.2) is 4.98 Å². The lowest BCUT2D eigenvalue weighted by atomic mass is 10.2. The van der Waals surface area contributed by atoms with Crippen LogP contribution in [0.3, 0.4) is 0 Å². The van der Waals surface area contributed by atoms with Gasteiger partial charge in [-0.15, -0.1) is 5.10 Å². The smallest absolute Gasteiger partial charge is 0.308 e. The number of carboxylic acids is 1. The third-order valence-electron chi connectivity index (χ3n) is 2.39. The lowest BCUT2D eigenvalue weighted by molar-refractivity contribution is -0.140. The molecule has 88 valence electrons. The van der Waals surface area contributed by atoms with Crippen LogP contribution in [0.2, 0.25) is 0 Å². The molecule has 0 saturated carbocycles. The van der Waals surface area contributed by atoms with Gasteiger partial charge in [-0.3, -0.25) is 4.79 Å². The third kappa shape index (κ3) is 2.88. The molecule has 1 heterocycles. The normalized spacial score (nSPS) is 12.2. The molecule has 1 N–H and O–H groups in total. The molecule has 0 saturated heterocycles. The van der Waals surface area contributed by atoms with Gasteiger partial charge in [-0.05, 0) is 13.8 Å². The van der Waals surface area contributed by atoms with Gasteiger partial charge >= 0.3 is 5.97 Å². The van der Waals surface area contributed by atoms with Gasteiger partial charge in [0, 0.05) is 13.6 Å². The van der Waals surface area contributed by atoms with Crippen LogP contribution in [0, 0.1) is 19.8 Å². The highest BCUT2D eigenvalue weighted by molar-refractivity contribution is 5.70. The Kier molecular flexibility index (Phi) is 3.76. The number of aromatic nitrogens is 3. The van der Waals surface area contributed by atoms with Gasteiger partial charge in [-0.2, -0.15) is 5.10 Å². The van der Waals surface area contributed by atoms with Gasteiger partial charge < -0.3 is 10.0 Å². The molecule has 0 bridgehead atoms. The minimum Gasteiger partial charge on any atom is -0.481 e. The fraction of sp³-hybridized carbons (Fsp3) is 0.600. The van der Waals surface area contributed by atoms with Crippen LogP contribution >= 0.6 is 0 Å². The molecule has 1 rings (SSSR count). The minimum atomic E-state index is -0.830. The molecule has 1 atom stereocenters. The monoisotopic (exact) mass is 224 g/mol. The van der Waals surface area contributed by atoms with E-state index in [1.54, 1.807) is 18.9 Å². The Morgan fingerprint density at radius 2 is 2.00 bits per heavy atom. The first-order valence-corrected chi connectivity index (χ1v) is 5.03. The summed E-state index contributed by atoms with van der Waals surface area (Å²) in [6, 6.07) is 0. The number of aryl methyl sites for hydroxylation is 2. The number of aliphatic carboxylic acids is 1. The molecule has 6 heteroatoms. The van der Waals surface area contributed by atoms with E-state index in [-0.39, 0.29) is 0 Å². The largest absolute Gasteiger partial charge is 0.481 e. The van der Waals surface area contributed by atoms with Crippen molar-refractivity contribution in [2.45, 2.75) is 20.8 Å². The molecule has 0 fully saturated rings. The topological polar surface area (TPSA) is 79.2 Å². The molecule has 0 aliphatic carbocycles. The molecular weight excluding hydrogens is 208 g/mol. The molecular formula is C10H16N4O2. The number of carbonyl (C=O) groups is 1. The molecule has 0 spiro atoms. The van der Waals surface area contributed by atoms with Crippen molar-refractivity contribution in [3.8, 4) is 0 Å². The summed E-state index contributed by atoms with van der Waals surface area (Å²) >= 11 is 0. The second-order valence-electron chi connectivity index (χ2n) is 3.90. The Hall–Kier alpha value is -1.72. The predicted octanol–water partition coefficient (Wildman–Crippen LogP) is 0.645. The Balaban J connectivity index is 2.76. The standard InChI is InChI=1S/C10H16N4O2/c1-6(9(15)16)5-14(4)10-11-7(2)8(3)12-13-10/h6H,5H2,1-4H3,(H,15,16). The van der Waals surface area contributed by atoms with Crippen molar-refractivity contribution in [1.29, 1.82) is 0 Å². The van der Waals surface area contributed by atoms with Crippen molar-refractivity contribution in [2.24, 2.45) is 5.92 Å². The molecule has 6 nitrogen and oxygen atoms in total. The number of hydrogen-bond donors (Lipinski definition) is 1. The molecule has 0 radical (unpaired) electrons. The summed E-state index contributed by atoms with van der Waals surface area (Å²) in [6.07, 6.45) is 0. The molecule has 16 heavy (non-hydrogen) atoms. The summed E-state index contributed by atoms with van der Waals surface area (Å²) in [5.41, 5.74) is 1.59. The van der Waals surface area contributed by atoms with Gasteiger partial charge in [-0.1, -0.05) is 6.92 Å². The Morgan fingerprint density at radius 3 is 2.50 bits per heavy atom. The highest BCUT2D eigenvalue weighted by Crippen LogP contribution is 2.08. The van der Waals surface area contributed by atoms with E-state index in [9.17, 15) is 4.79 Å². The average Bonchev–Trinajstić information content (AvgIpc) is 2.21. The van der Waals surface area contributed by atoms with Crippen LogP contribution in [0.25, 0.3) is 0 Å². The summed E-state index contributed by atoms with van der Waals surface area (Å²) in [5, 5.41) is 16.7.